The molecule has 0 spiro atoms. The van der Waals surface area contributed by atoms with Crippen LogP contribution >= 0.6 is 0 Å². The third-order valence-electron chi connectivity index (χ3n) is 8.44. The zero-order valence-corrected chi connectivity index (χ0v) is 27.3. The van der Waals surface area contributed by atoms with E-state index < -0.39 is 0 Å². The van der Waals surface area contributed by atoms with Gasteiger partial charge in [0.15, 0.2) is 0 Å². The monoisotopic (exact) mass is 617 g/mol. The van der Waals surface area contributed by atoms with Crippen LogP contribution in [0.2, 0.25) is 0 Å². The standard InChI is InChI=1S/C37H24N4O2.C2H6.CH5N/c1-21-15-23(19-38)7-11-27(21)25-9-13-32-30(17-25)31-18-26(28-12-8-24(20-39)16-22(28)2)10-14-33(31)41(32)34-6-4-5-29-35(34)37(43)40(3)36(29)42;2*1-2/h4-18H,1-3H3;1-2H3;2H2,1H3. The first kappa shape index (κ1) is 32.4. The molecule has 0 fully saturated rings. The molecule has 1 aromatic heterocycles. The zero-order chi connectivity index (χ0) is 34.0. The molecule has 7 nitrogen and oxygen atoms in total. The SMILES string of the molecule is CC.CN.Cc1cc(C#N)ccc1-c1ccc2c(c1)c1cc(-c3ccc(C#N)cc3C)ccc1n2-c1cccc2c1C(=O)N(C)C2=O. The summed E-state index contributed by atoms with van der Waals surface area (Å²) in [6.45, 7) is 8.00. The van der Waals surface area contributed by atoms with Crippen LogP contribution in [0.5, 0.6) is 0 Å². The molecule has 47 heavy (non-hydrogen) atoms. The Bertz CT molecular complexity index is 2180. The van der Waals surface area contributed by atoms with Crippen molar-refractivity contribution in [2.75, 3.05) is 14.1 Å². The first-order valence-electron chi connectivity index (χ1n) is 15.4. The average Bonchev–Trinajstić information content (AvgIpc) is 3.55. The van der Waals surface area contributed by atoms with Gasteiger partial charge >= 0.3 is 0 Å². The molecule has 1 aliphatic rings. The smallest absolute Gasteiger partial charge is 0.263 e. The highest BCUT2D eigenvalue weighted by molar-refractivity contribution is 6.23. The second kappa shape index (κ2) is 13.1. The minimum Gasteiger partial charge on any atom is -0.333 e. The predicted molar refractivity (Wildman–Crippen MR) is 188 cm³/mol. The molecule has 6 aromatic rings. The van der Waals surface area contributed by atoms with Gasteiger partial charge in [-0.05, 0) is 115 Å². The molecule has 5 aromatic carbocycles. The number of amides is 2. The predicted octanol–water partition coefficient (Wildman–Crippen LogP) is 8.30. The number of benzene rings is 5. The van der Waals surface area contributed by atoms with Gasteiger partial charge in [0, 0.05) is 17.8 Å². The van der Waals surface area contributed by atoms with E-state index in [4.69, 9.17) is 0 Å². The number of hydrogen-bond donors (Lipinski definition) is 1. The third-order valence-corrected chi connectivity index (χ3v) is 8.44. The number of nitrogens with two attached hydrogens (primary N) is 1. The molecule has 0 saturated carbocycles. The van der Waals surface area contributed by atoms with Gasteiger partial charge in [-0.1, -0.05) is 44.2 Å². The van der Waals surface area contributed by atoms with Crippen LogP contribution in [-0.2, 0) is 0 Å². The van der Waals surface area contributed by atoms with Crippen LogP contribution in [0.4, 0.5) is 0 Å². The van der Waals surface area contributed by atoms with E-state index in [1.165, 1.54) is 19.0 Å². The number of aryl methyl sites for hydroxylation is 2. The Kier molecular flexibility index (Phi) is 9.05. The summed E-state index contributed by atoms with van der Waals surface area (Å²) < 4.78 is 2.07. The van der Waals surface area contributed by atoms with Crippen molar-refractivity contribution in [2.24, 2.45) is 5.73 Å². The van der Waals surface area contributed by atoms with Gasteiger partial charge in [-0.25, -0.2) is 0 Å². The lowest BCUT2D eigenvalue weighted by Crippen LogP contribution is -2.24. The molecule has 0 unspecified atom stereocenters. The van der Waals surface area contributed by atoms with E-state index in [-0.39, 0.29) is 11.8 Å². The second-order valence-electron chi connectivity index (χ2n) is 11.0. The molecular formula is C40H35N5O2. The average molecular weight is 618 g/mol. The minimum absolute atomic E-state index is 0.306. The summed E-state index contributed by atoms with van der Waals surface area (Å²) in [5.74, 6) is -0.625. The van der Waals surface area contributed by atoms with E-state index in [0.29, 0.717) is 27.9 Å². The van der Waals surface area contributed by atoms with E-state index in [2.05, 4.69) is 58.8 Å². The van der Waals surface area contributed by atoms with E-state index in [1.807, 2.05) is 76.2 Å². The summed E-state index contributed by atoms with van der Waals surface area (Å²) >= 11 is 0. The largest absolute Gasteiger partial charge is 0.333 e. The topological polar surface area (TPSA) is 116 Å². The molecule has 0 atom stereocenters. The highest BCUT2D eigenvalue weighted by atomic mass is 16.2. The van der Waals surface area contributed by atoms with Crippen LogP contribution in [0.15, 0.2) is 91.0 Å². The number of nitriles is 2. The van der Waals surface area contributed by atoms with Gasteiger partial charge in [-0.15, -0.1) is 0 Å². The van der Waals surface area contributed by atoms with Crippen LogP contribution in [0.25, 0.3) is 49.7 Å². The number of fused-ring (bicyclic) bond motifs is 4. The molecule has 7 heteroatoms. The van der Waals surface area contributed by atoms with Gasteiger partial charge in [-0.2, -0.15) is 10.5 Å². The van der Waals surface area contributed by atoms with Crippen LogP contribution in [-0.4, -0.2) is 35.4 Å². The van der Waals surface area contributed by atoms with Crippen molar-refractivity contribution in [3.8, 4) is 40.1 Å². The maximum absolute atomic E-state index is 13.3. The maximum atomic E-state index is 13.3. The lowest BCUT2D eigenvalue weighted by atomic mass is 9.95. The molecule has 1 aliphatic heterocycles. The summed E-state index contributed by atoms with van der Waals surface area (Å²) in [7, 11) is 3.01. The molecule has 2 amide bonds. The molecule has 0 bridgehead atoms. The quantitative estimate of drug-likeness (QED) is 0.201. The molecular weight excluding hydrogens is 582 g/mol. The maximum Gasteiger partial charge on any atom is 0.263 e. The van der Waals surface area contributed by atoms with Crippen molar-refractivity contribution in [1.82, 2.24) is 9.47 Å². The van der Waals surface area contributed by atoms with E-state index >= 15 is 0 Å². The number of hydrogen-bond acceptors (Lipinski definition) is 5. The van der Waals surface area contributed by atoms with Gasteiger partial charge in [0.1, 0.15) is 0 Å². The van der Waals surface area contributed by atoms with Crippen molar-refractivity contribution in [2.45, 2.75) is 27.7 Å². The Morgan fingerprint density at radius 1 is 0.617 bits per heavy atom. The molecule has 2 N–H and O–H groups in total. The fourth-order valence-corrected chi connectivity index (χ4v) is 6.30. The second-order valence-corrected chi connectivity index (χ2v) is 11.0. The summed E-state index contributed by atoms with van der Waals surface area (Å²) in [6, 6.07) is 33.7. The van der Waals surface area contributed by atoms with Crippen LogP contribution < -0.4 is 5.73 Å². The first-order valence-corrected chi connectivity index (χ1v) is 15.4. The van der Waals surface area contributed by atoms with Crippen LogP contribution in [0.3, 0.4) is 0 Å². The fraction of sp³-hybridized carbons (Fsp3) is 0.150. The Balaban J connectivity index is 0.00000105. The van der Waals surface area contributed by atoms with Crippen molar-refractivity contribution in [3.63, 3.8) is 0 Å². The number of rotatable bonds is 3. The lowest BCUT2D eigenvalue weighted by molar-refractivity contribution is 0.0693. The van der Waals surface area contributed by atoms with E-state index in [1.54, 1.807) is 6.07 Å². The molecule has 2 heterocycles. The number of carbonyl (C=O) groups excluding carboxylic acids is 2. The van der Waals surface area contributed by atoms with Gasteiger partial charge in [0.05, 0.1) is 51.1 Å². The lowest BCUT2D eigenvalue weighted by Gasteiger charge is -2.12. The molecule has 0 aliphatic carbocycles. The van der Waals surface area contributed by atoms with Gasteiger partial charge in [0.25, 0.3) is 11.8 Å². The first-order chi connectivity index (χ1) is 22.8. The minimum atomic E-state index is -0.319. The van der Waals surface area contributed by atoms with Gasteiger partial charge < -0.3 is 10.3 Å². The normalized spacial score (nSPS) is 11.7. The van der Waals surface area contributed by atoms with E-state index in [0.717, 1.165) is 55.2 Å². The summed E-state index contributed by atoms with van der Waals surface area (Å²) in [5.41, 5.74) is 15.1. The van der Waals surface area contributed by atoms with Crippen molar-refractivity contribution in [3.05, 3.63) is 124 Å². The van der Waals surface area contributed by atoms with Crippen molar-refractivity contribution >= 4 is 33.6 Å². The zero-order valence-electron chi connectivity index (χ0n) is 27.3. The third kappa shape index (κ3) is 5.33. The van der Waals surface area contributed by atoms with Crippen molar-refractivity contribution < 1.29 is 9.59 Å². The highest BCUT2D eigenvalue weighted by Crippen LogP contribution is 2.40. The molecule has 232 valence electrons. The van der Waals surface area contributed by atoms with Crippen molar-refractivity contribution in [1.29, 1.82) is 10.5 Å². The number of nitrogens with zero attached hydrogens (tertiary/aromatic N) is 4. The molecule has 7 rings (SSSR count). The summed E-state index contributed by atoms with van der Waals surface area (Å²) in [6.07, 6.45) is 0. The number of aromatic nitrogens is 1. The fourth-order valence-electron chi connectivity index (χ4n) is 6.30. The Morgan fingerprint density at radius 2 is 1.11 bits per heavy atom. The number of imide groups is 1. The Morgan fingerprint density at radius 3 is 1.55 bits per heavy atom. The Labute approximate surface area is 274 Å². The van der Waals surface area contributed by atoms with Gasteiger partial charge in [0.2, 0.25) is 0 Å². The van der Waals surface area contributed by atoms with Gasteiger partial charge in [-0.3, -0.25) is 14.5 Å². The summed E-state index contributed by atoms with van der Waals surface area (Å²) in [5, 5.41) is 20.7. The summed E-state index contributed by atoms with van der Waals surface area (Å²) in [4.78, 5) is 27.3. The Hall–Kier alpha value is -6.02. The van der Waals surface area contributed by atoms with Crippen LogP contribution in [0, 0.1) is 36.5 Å². The highest BCUT2D eigenvalue weighted by Gasteiger charge is 2.35. The molecule has 0 saturated heterocycles. The number of carbonyl (C=O) groups is 2. The molecule has 0 radical (unpaired) electrons. The van der Waals surface area contributed by atoms with E-state index in [9.17, 15) is 20.1 Å². The van der Waals surface area contributed by atoms with Crippen LogP contribution in [0.1, 0.15) is 56.8 Å².